The summed E-state index contributed by atoms with van der Waals surface area (Å²) in [6.07, 6.45) is 0.844. The molecule has 2 heterocycles. The van der Waals surface area contributed by atoms with Crippen molar-refractivity contribution in [2.45, 2.75) is 25.5 Å². The highest BCUT2D eigenvalue weighted by Crippen LogP contribution is 2.26. The number of nitrogens with zero attached hydrogens (tertiary/aromatic N) is 3. The molecule has 0 aromatic carbocycles. The number of hydrogen-bond donors (Lipinski definition) is 2. The molecule has 2 rings (SSSR count). The molecule has 1 aliphatic heterocycles. The quantitative estimate of drug-likeness (QED) is 0.648. The second-order valence-corrected chi connectivity index (χ2v) is 7.31. The van der Waals surface area contributed by atoms with Crippen LogP contribution in [0.2, 0.25) is 0 Å². The molecule has 1 aliphatic rings. The minimum absolute atomic E-state index is 0.549. The third kappa shape index (κ3) is 4.10. The summed E-state index contributed by atoms with van der Waals surface area (Å²) in [6.45, 7) is 3.28. The van der Waals surface area contributed by atoms with Gasteiger partial charge in [0, 0.05) is 31.8 Å². The molecule has 1 fully saturated rings. The predicted octanol–water partition coefficient (Wildman–Crippen LogP) is 1.33. The van der Waals surface area contributed by atoms with Gasteiger partial charge in [-0.05, 0) is 19.1 Å². The molecular formula is C13H22N4OS2. The standard InChI is InChI=1S/C13H22N4OS2/c1-10-16-11(7-20-10)6-17(3)12(14-2)15-8-13(18)4-5-19-9-13/h7,18H,4-6,8-9H2,1-3H3,(H,14,15). The third-order valence-electron chi connectivity index (χ3n) is 3.30. The van der Waals surface area contributed by atoms with Crippen molar-refractivity contribution in [3.8, 4) is 0 Å². The van der Waals surface area contributed by atoms with E-state index in [9.17, 15) is 5.11 Å². The fraction of sp³-hybridized carbons (Fsp3) is 0.692. The summed E-state index contributed by atoms with van der Waals surface area (Å²) in [5, 5.41) is 16.8. The van der Waals surface area contributed by atoms with E-state index in [2.05, 4.69) is 20.7 Å². The monoisotopic (exact) mass is 314 g/mol. The van der Waals surface area contributed by atoms with Crippen molar-refractivity contribution in [2.75, 3.05) is 32.1 Å². The molecule has 0 amide bonds. The van der Waals surface area contributed by atoms with Crippen LogP contribution in [0.4, 0.5) is 0 Å². The number of aromatic nitrogens is 1. The zero-order valence-corrected chi connectivity index (χ0v) is 13.9. The lowest BCUT2D eigenvalue weighted by molar-refractivity contribution is 0.0718. The van der Waals surface area contributed by atoms with E-state index in [0.717, 1.165) is 41.1 Å². The number of aliphatic hydroxyl groups is 1. The zero-order valence-electron chi connectivity index (χ0n) is 12.2. The first-order valence-electron chi connectivity index (χ1n) is 6.65. The largest absolute Gasteiger partial charge is 0.387 e. The Balaban J connectivity index is 1.87. The number of thiazole rings is 1. The maximum absolute atomic E-state index is 10.3. The topological polar surface area (TPSA) is 60.8 Å². The lowest BCUT2D eigenvalue weighted by atomic mass is 10.0. The fourth-order valence-corrected chi connectivity index (χ4v) is 4.06. The molecule has 0 bridgehead atoms. The second-order valence-electron chi connectivity index (χ2n) is 5.14. The first kappa shape index (κ1) is 15.6. The number of aryl methyl sites for hydroxylation is 1. The molecule has 5 nitrogen and oxygen atoms in total. The molecule has 7 heteroatoms. The van der Waals surface area contributed by atoms with E-state index in [4.69, 9.17) is 0 Å². The molecule has 1 aromatic rings. The average Bonchev–Trinajstić information content (AvgIpc) is 3.00. The third-order valence-corrected chi connectivity index (χ3v) is 5.35. The maximum Gasteiger partial charge on any atom is 0.193 e. The van der Waals surface area contributed by atoms with Gasteiger partial charge in [-0.2, -0.15) is 11.8 Å². The van der Waals surface area contributed by atoms with Crippen LogP contribution < -0.4 is 5.32 Å². The van der Waals surface area contributed by atoms with Crippen LogP contribution in [0.25, 0.3) is 0 Å². The van der Waals surface area contributed by atoms with Gasteiger partial charge in [-0.3, -0.25) is 4.99 Å². The average molecular weight is 314 g/mol. The number of rotatable bonds is 4. The summed E-state index contributed by atoms with van der Waals surface area (Å²) in [6, 6.07) is 0. The molecule has 2 N–H and O–H groups in total. The molecule has 1 unspecified atom stereocenters. The molecular weight excluding hydrogens is 292 g/mol. The number of hydrogen-bond acceptors (Lipinski definition) is 5. The van der Waals surface area contributed by atoms with Crippen molar-refractivity contribution in [2.24, 2.45) is 4.99 Å². The Hall–Kier alpha value is -0.790. The van der Waals surface area contributed by atoms with Crippen molar-refractivity contribution < 1.29 is 5.11 Å². The molecule has 112 valence electrons. The summed E-state index contributed by atoms with van der Waals surface area (Å²) in [5.74, 6) is 2.62. The fourth-order valence-electron chi connectivity index (χ4n) is 2.16. The molecule has 0 aliphatic carbocycles. The Bertz CT molecular complexity index is 469. The van der Waals surface area contributed by atoms with Crippen molar-refractivity contribution in [1.82, 2.24) is 15.2 Å². The van der Waals surface area contributed by atoms with Gasteiger partial charge in [0.1, 0.15) is 0 Å². The predicted molar refractivity (Wildman–Crippen MR) is 86.6 cm³/mol. The highest BCUT2D eigenvalue weighted by molar-refractivity contribution is 7.99. The maximum atomic E-state index is 10.3. The summed E-state index contributed by atoms with van der Waals surface area (Å²) in [4.78, 5) is 10.8. The number of nitrogens with one attached hydrogen (secondary N) is 1. The lowest BCUT2D eigenvalue weighted by Crippen LogP contribution is -2.47. The van der Waals surface area contributed by atoms with Crippen LogP contribution >= 0.6 is 23.1 Å². The van der Waals surface area contributed by atoms with Gasteiger partial charge in [0.15, 0.2) is 5.96 Å². The van der Waals surface area contributed by atoms with E-state index < -0.39 is 5.60 Å². The van der Waals surface area contributed by atoms with Crippen LogP contribution in [0.5, 0.6) is 0 Å². The van der Waals surface area contributed by atoms with Crippen molar-refractivity contribution in [3.63, 3.8) is 0 Å². The number of guanidine groups is 1. The minimum Gasteiger partial charge on any atom is -0.387 e. The van der Waals surface area contributed by atoms with Gasteiger partial charge < -0.3 is 15.3 Å². The zero-order chi connectivity index (χ0) is 14.6. The van der Waals surface area contributed by atoms with Gasteiger partial charge in [0.05, 0.1) is 22.8 Å². The number of aliphatic imine (C=N–C) groups is 1. The Morgan fingerprint density at radius 1 is 1.65 bits per heavy atom. The van der Waals surface area contributed by atoms with E-state index in [0.29, 0.717) is 6.54 Å². The number of thioether (sulfide) groups is 1. The van der Waals surface area contributed by atoms with Crippen LogP contribution in [-0.2, 0) is 6.54 Å². The second kappa shape index (κ2) is 6.78. The highest BCUT2D eigenvalue weighted by atomic mass is 32.2. The lowest BCUT2D eigenvalue weighted by Gasteiger charge is -2.26. The molecule has 0 radical (unpaired) electrons. The normalized spacial score (nSPS) is 23.1. The molecule has 1 aromatic heterocycles. The van der Waals surface area contributed by atoms with Crippen LogP contribution in [0.15, 0.2) is 10.4 Å². The minimum atomic E-state index is -0.599. The van der Waals surface area contributed by atoms with Crippen LogP contribution in [0.3, 0.4) is 0 Å². The molecule has 0 spiro atoms. The highest BCUT2D eigenvalue weighted by Gasteiger charge is 2.31. The summed E-state index contributed by atoms with van der Waals surface area (Å²) in [7, 11) is 3.75. The Kier molecular flexibility index (Phi) is 5.29. The Morgan fingerprint density at radius 3 is 3.00 bits per heavy atom. The van der Waals surface area contributed by atoms with E-state index in [1.165, 1.54) is 0 Å². The van der Waals surface area contributed by atoms with Crippen LogP contribution in [-0.4, -0.2) is 58.7 Å². The van der Waals surface area contributed by atoms with Gasteiger partial charge in [-0.25, -0.2) is 4.98 Å². The van der Waals surface area contributed by atoms with Crippen molar-refractivity contribution >= 4 is 29.1 Å². The van der Waals surface area contributed by atoms with Gasteiger partial charge in [0.25, 0.3) is 0 Å². The van der Waals surface area contributed by atoms with Gasteiger partial charge in [-0.1, -0.05) is 0 Å². The SMILES string of the molecule is CN=C(NCC1(O)CCSC1)N(C)Cc1csc(C)n1. The van der Waals surface area contributed by atoms with Gasteiger partial charge in [-0.15, -0.1) is 11.3 Å². The molecule has 1 saturated heterocycles. The van der Waals surface area contributed by atoms with Gasteiger partial charge in [0.2, 0.25) is 0 Å². The first-order valence-corrected chi connectivity index (χ1v) is 8.69. The summed E-state index contributed by atoms with van der Waals surface area (Å²) in [5.41, 5.74) is 0.451. The van der Waals surface area contributed by atoms with E-state index in [1.54, 1.807) is 30.1 Å². The van der Waals surface area contributed by atoms with Crippen molar-refractivity contribution in [1.29, 1.82) is 0 Å². The van der Waals surface area contributed by atoms with Crippen LogP contribution in [0, 0.1) is 6.92 Å². The van der Waals surface area contributed by atoms with E-state index in [1.807, 2.05) is 18.9 Å². The summed E-state index contributed by atoms with van der Waals surface area (Å²) >= 11 is 3.46. The van der Waals surface area contributed by atoms with Crippen molar-refractivity contribution in [3.05, 3.63) is 16.1 Å². The van der Waals surface area contributed by atoms with E-state index >= 15 is 0 Å². The summed E-state index contributed by atoms with van der Waals surface area (Å²) < 4.78 is 0. The van der Waals surface area contributed by atoms with Crippen LogP contribution in [0.1, 0.15) is 17.1 Å². The Labute approximate surface area is 128 Å². The smallest absolute Gasteiger partial charge is 0.193 e. The molecule has 20 heavy (non-hydrogen) atoms. The molecule has 1 atom stereocenters. The van der Waals surface area contributed by atoms with Gasteiger partial charge >= 0.3 is 0 Å². The first-order chi connectivity index (χ1) is 9.52. The van der Waals surface area contributed by atoms with E-state index in [-0.39, 0.29) is 0 Å². The molecule has 0 saturated carbocycles. The Morgan fingerprint density at radius 2 is 2.45 bits per heavy atom.